The van der Waals surface area contributed by atoms with Crippen LogP contribution < -0.4 is 10.1 Å². The van der Waals surface area contributed by atoms with Crippen molar-refractivity contribution in [2.24, 2.45) is 0 Å². The van der Waals surface area contributed by atoms with Gasteiger partial charge in [0.1, 0.15) is 0 Å². The summed E-state index contributed by atoms with van der Waals surface area (Å²) in [6, 6.07) is 15.7. The summed E-state index contributed by atoms with van der Waals surface area (Å²) in [5, 5.41) is 16.0. The highest BCUT2D eigenvalue weighted by Gasteiger charge is 2.18. The number of hydrogen-bond acceptors (Lipinski definition) is 6. The van der Waals surface area contributed by atoms with E-state index in [0.717, 1.165) is 5.56 Å². The van der Waals surface area contributed by atoms with E-state index >= 15 is 0 Å². The van der Waals surface area contributed by atoms with Crippen LogP contribution in [0.2, 0.25) is 5.02 Å². The third kappa shape index (κ3) is 4.07. The fraction of sp³-hybridized carbons (Fsp3) is 0.0500. The van der Waals surface area contributed by atoms with Crippen molar-refractivity contribution in [3.05, 3.63) is 77.7 Å². The van der Waals surface area contributed by atoms with Crippen LogP contribution >= 0.6 is 11.6 Å². The maximum absolute atomic E-state index is 12.7. The van der Waals surface area contributed by atoms with E-state index in [1.54, 1.807) is 59.5 Å². The molecule has 29 heavy (non-hydrogen) atoms. The highest BCUT2D eigenvalue weighted by molar-refractivity contribution is 6.30. The van der Waals surface area contributed by atoms with Crippen LogP contribution in [-0.4, -0.2) is 38.0 Å². The summed E-state index contributed by atoms with van der Waals surface area (Å²) in [6.07, 6.45) is 3.20. The number of hydrogen-bond donors (Lipinski definition) is 1. The fourth-order valence-electron chi connectivity index (χ4n) is 2.66. The first-order valence-corrected chi connectivity index (χ1v) is 8.97. The third-order valence-electron chi connectivity index (χ3n) is 4.07. The number of nitrogens with zero attached hydrogens (tertiary/aromatic N) is 5. The molecule has 0 atom stereocenters. The number of benzene rings is 1. The van der Waals surface area contributed by atoms with Crippen molar-refractivity contribution in [3.63, 3.8) is 0 Å². The number of carbonyl (C=O) groups excluding carboxylic acids is 1. The van der Waals surface area contributed by atoms with Gasteiger partial charge in [0, 0.05) is 34.7 Å². The Bertz CT molecular complexity index is 1130. The topological polar surface area (TPSA) is 94.8 Å². The van der Waals surface area contributed by atoms with Gasteiger partial charge in [0.25, 0.3) is 5.91 Å². The van der Waals surface area contributed by atoms with Gasteiger partial charge in [-0.2, -0.15) is 5.10 Å². The van der Waals surface area contributed by atoms with E-state index in [9.17, 15) is 4.79 Å². The first-order chi connectivity index (χ1) is 14.1. The summed E-state index contributed by atoms with van der Waals surface area (Å²) in [7, 11) is 1.51. The molecule has 1 amide bonds. The van der Waals surface area contributed by atoms with Gasteiger partial charge in [0.05, 0.1) is 12.8 Å². The number of amides is 1. The van der Waals surface area contributed by atoms with E-state index in [1.165, 1.54) is 7.11 Å². The highest BCUT2D eigenvalue weighted by atomic mass is 35.5. The van der Waals surface area contributed by atoms with E-state index in [2.05, 4.69) is 25.6 Å². The van der Waals surface area contributed by atoms with Crippen LogP contribution in [0, 0.1) is 0 Å². The molecule has 0 bridgehead atoms. The van der Waals surface area contributed by atoms with Gasteiger partial charge in [-0.25, -0.2) is 4.68 Å². The predicted molar refractivity (Wildman–Crippen MR) is 108 cm³/mol. The number of nitrogens with one attached hydrogen (secondary N) is 1. The van der Waals surface area contributed by atoms with Crippen molar-refractivity contribution in [1.82, 2.24) is 25.0 Å². The number of halogens is 1. The SMILES string of the molecule is COc1ccc(-n2nc(C(=O)Nc3ccncc3)cc2-c2ccc(Cl)cc2)nn1. The van der Waals surface area contributed by atoms with Gasteiger partial charge in [-0.15, -0.1) is 10.2 Å². The lowest BCUT2D eigenvalue weighted by Crippen LogP contribution is -2.13. The summed E-state index contributed by atoms with van der Waals surface area (Å²) in [5.41, 5.74) is 2.34. The molecule has 0 saturated heterocycles. The standard InChI is InChI=1S/C20H15ClN6O2/c1-29-19-7-6-18(24-25-19)27-17(13-2-4-14(21)5-3-13)12-16(26-27)20(28)23-15-8-10-22-11-9-15/h2-12H,1H3,(H,22,23,28). The van der Waals surface area contributed by atoms with E-state index in [4.69, 9.17) is 16.3 Å². The van der Waals surface area contributed by atoms with Crippen molar-refractivity contribution >= 4 is 23.2 Å². The van der Waals surface area contributed by atoms with Crippen LogP contribution in [0.3, 0.4) is 0 Å². The van der Waals surface area contributed by atoms with E-state index in [0.29, 0.717) is 28.1 Å². The Morgan fingerprint density at radius 2 is 1.79 bits per heavy atom. The van der Waals surface area contributed by atoms with Gasteiger partial charge in [-0.05, 0) is 36.4 Å². The maximum atomic E-state index is 12.7. The lowest BCUT2D eigenvalue weighted by Gasteiger charge is -2.06. The number of rotatable bonds is 5. The molecule has 0 aliphatic heterocycles. The molecule has 144 valence electrons. The van der Waals surface area contributed by atoms with E-state index in [-0.39, 0.29) is 11.6 Å². The molecule has 0 spiro atoms. The summed E-state index contributed by atoms with van der Waals surface area (Å²) in [6.45, 7) is 0. The van der Waals surface area contributed by atoms with Crippen LogP contribution in [0.15, 0.2) is 67.0 Å². The van der Waals surface area contributed by atoms with Crippen LogP contribution in [-0.2, 0) is 0 Å². The number of aromatic nitrogens is 5. The molecule has 0 fully saturated rings. The molecular formula is C20H15ClN6O2. The van der Waals surface area contributed by atoms with Crippen molar-refractivity contribution in [2.75, 3.05) is 12.4 Å². The smallest absolute Gasteiger partial charge is 0.276 e. The largest absolute Gasteiger partial charge is 0.480 e. The van der Waals surface area contributed by atoms with E-state index < -0.39 is 0 Å². The predicted octanol–water partition coefficient (Wildman–Crippen LogP) is 3.64. The molecule has 0 radical (unpaired) electrons. The number of methoxy groups -OCH3 is 1. The zero-order valence-electron chi connectivity index (χ0n) is 15.3. The summed E-state index contributed by atoms with van der Waals surface area (Å²) < 4.78 is 6.61. The fourth-order valence-corrected chi connectivity index (χ4v) is 2.78. The van der Waals surface area contributed by atoms with Gasteiger partial charge in [0.15, 0.2) is 11.5 Å². The molecular weight excluding hydrogens is 392 g/mol. The van der Waals surface area contributed by atoms with Crippen LogP contribution in [0.1, 0.15) is 10.5 Å². The van der Waals surface area contributed by atoms with Gasteiger partial charge in [0.2, 0.25) is 5.88 Å². The molecule has 3 aromatic heterocycles. The van der Waals surface area contributed by atoms with Crippen molar-refractivity contribution in [3.8, 4) is 23.0 Å². The quantitative estimate of drug-likeness (QED) is 0.543. The van der Waals surface area contributed by atoms with Gasteiger partial charge >= 0.3 is 0 Å². The first kappa shape index (κ1) is 18.6. The number of carbonyl (C=O) groups is 1. The summed E-state index contributed by atoms with van der Waals surface area (Å²) in [4.78, 5) is 16.6. The summed E-state index contributed by atoms with van der Waals surface area (Å²) >= 11 is 6.01. The Morgan fingerprint density at radius 1 is 1.03 bits per heavy atom. The Hall–Kier alpha value is -3.78. The second kappa shape index (κ2) is 8.07. The highest BCUT2D eigenvalue weighted by Crippen LogP contribution is 2.25. The first-order valence-electron chi connectivity index (χ1n) is 8.59. The van der Waals surface area contributed by atoms with Crippen molar-refractivity contribution in [2.45, 2.75) is 0 Å². The average molecular weight is 407 g/mol. The van der Waals surface area contributed by atoms with Crippen LogP contribution in [0.5, 0.6) is 5.88 Å². The molecule has 4 rings (SSSR count). The van der Waals surface area contributed by atoms with Gasteiger partial charge < -0.3 is 10.1 Å². The molecule has 9 heteroatoms. The Balaban J connectivity index is 1.75. The minimum atomic E-state index is -0.355. The van der Waals surface area contributed by atoms with Gasteiger partial charge in [-0.1, -0.05) is 23.7 Å². The molecule has 4 aromatic rings. The third-order valence-corrected chi connectivity index (χ3v) is 4.32. The van der Waals surface area contributed by atoms with E-state index in [1.807, 2.05) is 12.1 Å². The Morgan fingerprint density at radius 3 is 2.45 bits per heavy atom. The van der Waals surface area contributed by atoms with Gasteiger partial charge in [-0.3, -0.25) is 9.78 Å². The minimum Gasteiger partial charge on any atom is -0.480 e. The van der Waals surface area contributed by atoms with Crippen molar-refractivity contribution < 1.29 is 9.53 Å². The molecule has 0 unspecified atom stereocenters. The molecule has 3 heterocycles. The number of pyridine rings is 1. The molecule has 0 saturated carbocycles. The molecule has 1 aromatic carbocycles. The lowest BCUT2D eigenvalue weighted by atomic mass is 10.1. The zero-order valence-corrected chi connectivity index (χ0v) is 16.0. The number of ether oxygens (including phenoxy) is 1. The summed E-state index contributed by atoms with van der Waals surface area (Å²) in [5.74, 6) is 0.468. The molecule has 0 aliphatic rings. The monoisotopic (exact) mass is 406 g/mol. The maximum Gasteiger partial charge on any atom is 0.276 e. The van der Waals surface area contributed by atoms with Crippen LogP contribution in [0.4, 0.5) is 5.69 Å². The van der Waals surface area contributed by atoms with Crippen LogP contribution in [0.25, 0.3) is 17.1 Å². The van der Waals surface area contributed by atoms with Crippen molar-refractivity contribution in [1.29, 1.82) is 0 Å². The average Bonchev–Trinajstić information content (AvgIpc) is 3.21. The normalized spacial score (nSPS) is 10.6. The Labute approximate surface area is 171 Å². The molecule has 8 nitrogen and oxygen atoms in total. The zero-order chi connectivity index (χ0) is 20.2. The minimum absolute atomic E-state index is 0.226. The molecule has 0 aliphatic carbocycles. The second-order valence-corrected chi connectivity index (χ2v) is 6.39. The lowest BCUT2D eigenvalue weighted by molar-refractivity contribution is 0.102. The molecule has 1 N–H and O–H groups in total. The second-order valence-electron chi connectivity index (χ2n) is 5.96. The Kier molecular flexibility index (Phi) is 5.17. The number of anilines is 1.